The molecule has 36 heavy (non-hydrogen) atoms. The number of fused-ring (bicyclic) bond motifs is 1. The molecule has 0 radical (unpaired) electrons. The van der Waals surface area contributed by atoms with Gasteiger partial charge in [0.05, 0.1) is 23.7 Å². The molecule has 0 fully saturated rings. The van der Waals surface area contributed by atoms with Gasteiger partial charge in [0.25, 0.3) is 0 Å². The summed E-state index contributed by atoms with van der Waals surface area (Å²) in [6, 6.07) is 8.72. The molecule has 12 heteroatoms. The second kappa shape index (κ2) is 9.30. The zero-order valence-electron chi connectivity index (χ0n) is 18.6. The molecule has 0 spiro atoms. The quantitative estimate of drug-likeness (QED) is 0.323. The molecule has 182 valence electrons. The van der Waals surface area contributed by atoms with Crippen molar-refractivity contribution in [2.24, 2.45) is 0 Å². The topological polar surface area (TPSA) is 120 Å². The molecule has 0 amide bonds. The van der Waals surface area contributed by atoms with Gasteiger partial charge in [-0.2, -0.15) is 0 Å². The third-order valence-electron chi connectivity index (χ3n) is 5.09. The number of H-pyrrole nitrogens is 1. The third-order valence-corrected chi connectivity index (χ3v) is 6.73. The summed E-state index contributed by atoms with van der Waals surface area (Å²) in [6.07, 6.45) is 5.81. The minimum Gasteiger partial charge on any atom is -0.456 e. The molecule has 0 unspecified atom stereocenters. The summed E-state index contributed by atoms with van der Waals surface area (Å²) in [5, 5.41) is -0.0689. The van der Waals surface area contributed by atoms with Crippen LogP contribution in [0.1, 0.15) is 6.92 Å². The Hall–Kier alpha value is -4.45. The Morgan fingerprint density at radius 2 is 1.78 bits per heavy atom. The van der Waals surface area contributed by atoms with E-state index in [1.807, 2.05) is 0 Å². The number of aromatic nitrogens is 5. The normalized spacial score (nSPS) is 11.5. The van der Waals surface area contributed by atoms with Gasteiger partial charge in [0.2, 0.25) is 0 Å². The molecule has 5 aromatic rings. The molecule has 0 saturated carbocycles. The Balaban J connectivity index is 1.56. The Morgan fingerprint density at radius 3 is 2.50 bits per heavy atom. The lowest BCUT2D eigenvalue weighted by molar-refractivity contribution is 0.433. The molecule has 1 N–H and O–H groups in total. The van der Waals surface area contributed by atoms with Gasteiger partial charge in [-0.15, -0.1) is 0 Å². The second-order valence-corrected chi connectivity index (χ2v) is 9.73. The average Bonchev–Trinajstić information content (AvgIpc) is 3.32. The zero-order valence-corrected chi connectivity index (χ0v) is 19.5. The number of hydrogen-bond donors (Lipinski definition) is 1. The molecule has 2 aromatic carbocycles. The summed E-state index contributed by atoms with van der Waals surface area (Å²) in [6.45, 7) is 1.53. The van der Waals surface area contributed by atoms with Crippen molar-refractivity contribution < 1.29 is 26.7 Å². The number of sulfone groups is 1. The lowest BCUT2D eigenvalue weighted by Crippen LogP contribution is -2.05. The molecule has 3 heterocycles. The van der Waals surface area contributed by atoms with Gasteiger partial charge in [0, 0.05) is 30.6 Å². The molecular weight excluding hydrogens is 492 g/mol. The Labute approximate surface area is 203 Å². The summed E-state index contributed by atoms with van der Waals surface area (Å²) in [5.74, 6) is -0.914. The van der Waals surface area contributed by atoms with Gasteiger partial charge in [-0.25, -0.2) is 32.2 Å². The van der Waals surface area contributed by atoms with E-state index in [0.717, 1.165) is 18.2 Å². The SMILES string of the molecule is CCS(=O)(=O)c1ccc(Oc2cc(Oc3cc(F)ccc3F)c3nc(-c4cnccn4)[nH]c3c2)cn1. The maximum atomic E-state index is 14.3. The lowest BCUT2D eigenvalue weighted by Gasteiger charge is -2.11. The highest BCUT2D eigenvalue weighted by Gasteiger charge is 2.17. The van der Waals surface area contributed by atoms with E-state index in [1.165, 1.54) is 49.9 Å². The molecule has 0 saturated heterocycles. The van der Waals surface area contributed by atoms with Crippen LogP contribution >= 0.6 is 0 Å². The molecule has 9 nitrogen and oxygen atoms in total. The summed E-state index contributed by atoms with van der Waals surface area (Å²) in [7, 11) is -3.47. The Morgan fingerprint density at radius 1 is 0.917 bits per heavy atom. The van der Waals surface area contributed by atoms with Gasteiger partial charge < -0.3 is 14.5 Å². The first-order valence-electron chi connectivity index (χ1n) is 10.6. The van der Waals surface area contributed by atoms with Gasteiger partial charge in [-0.05, 0) is 24.3 Å². The van der Waals surface area contributed by atoms with E-state index in [2.05, 4.69) is 24.9 Å². The predicted molar refractivity (Wildman–Crippen MR) is 126 cm³/mol. The summed E-state index contributed by atoms with van der Waals surface area (Å²) in [4.78, 5) is 19.8. The number of ether oxygens (including phenoxy) is 2. The average molecular weight is 509 g/mol. The first-order valence-corrected chi connectivity index (χ1v) is 12.3. The minimum atomic E-state index is -3.47. The Kier molecular flexibility index (Phi) is 6.02. The van der Waals surface area contributed by atoms with Crippen LogP contribution in [0, 0.1) is 11.6 Å². The highest BCUT2D eigenvalue weighted by atomic mass is 32.2. The summed E-state index contributed by atoms with van der Waals surface area (Å²) >= 11 is 0. The molecule has 0 aliphatic heterocycles. The lowest BCUT2D eigenvalue weighted by atomic mass is 10.2. The van der Waals surface area contributed by atoms with E-state index in [4.69, 9.17) is 9.47 Å². The van der Waals surface area contributed by atoms with Crippen LogP contribution in [0.25, 0.3) is 22.6 Å². The molecule has 0 bridgehead atoms. The van der Waals surface area contributed by atoms with Crippen LogP contribution < -0.4 is 9.47 Å². The van der Waals surface area contributed by atoms with Gasteiger partial charge in [0.1, 0.15) is 28.5 Å². The van der Waals surface area contributed by atoms with Crippen LogP contribution in [-0.4, -0.2) is 39.1 Å². The number of nitrogens with one attached hydrogen (secondary N) is 1. The first-order chi connectivity index (χ1) is 17.3. The van der Waals surface area contributed by atoms with Crippen molar-refractivity contribution in [3.05, 3.63) is 78.9 Å². The smallest absolute Gasteiger partial charge is 0.195 e. The van der Waals surface area contributed by atoms with Crippen molar-refractivity contribution in [2.45, 2.75) is 11.9 Å². The van der Waals surface area contributed by atoms with E-state index < -0.39 is 21.5 Å². The van der Waals surface area contributed by atoms with Crippen molar-refractivity contribution in [1.82, 2.24) is 24.9 Å². The van der Waals surface area contributed by atoms with Gasteiger partial charge in [-0.1, -0.05) is 6.92 Å². The predicted octanol–water partition coefficient (Wildman–Crippen LogP) is 5.07. The van der Waals surface area contributed by atoms with Crippen LogP contribution in [0.2, 0.25) is 0 Å². The second-order valence-electron chi connectivity index (χ2n) is 7.51. The fraction of sp³-hybridized carbons (Fsp3) is 0.0833. The maximum Gasteiger partial charge on any atom is 0.195 e. The first kappa shape index (κ1) is 23.3. The highest BCUT2D eigenvalue weighted by Crippen LogP contribution is 2.37. The maximum absolute atomic E-state index is 14.3. The summed E-state index contributed by atoms with van der Waals surface area (Å²) < 4.78 is 63.6. The van der Waals surface area contributed by atoms with E-state index in [0.29, 0.717) is 22.6 Å². The van der Waals surface area contributed by atoms with Crippen LogP contribution in [0.3, 0.4) is 0 Å². The third kappa shape index (κ3) is 4.70. The summed E-state index contributed by atoms with van der Waals surface area (Å²) in [5.41, 5.74) is 1.23. The van der Waals surface area contributed by atoms with Crippen molar-refractivity contribution in [3.8, 4) is 34.5 Å². The van der Waals surface area contributed by atoms with Gasteiger partial charge in [0.15, 0.2) is 38.0 Å². The number of benzene rings is 2. The zero-order chi connectivity index (χ0) is 25.3. The molecule has 0 aliphatic rings. The van der Waals surface area contributed by atoms with E-state index >= 15 is 0 Å². The van der Waals surface area contributed by atoms with E-state index in [1.54, 1.807) is 6.07 Å². The number of halogens is 2. The number of imidazole rings is 1. The number of rotatable bonds is 7. The van der Waals surface area contributed by atoms with Crippen LogP contribution in [-0.2, 0) is 9.84 Å². The van der Waals surface area contributed by atoms with Crippen molar-refractivity contribution in [2.75, 3.05) is 5.75 Å². The fourth-order valence-corrected chi connectivity index (χ4v) is 4.09. The largest absolute Gasteiger partial charge is 0.456 e. The van der Waals surface area contributed by atoms with E-state index in [-0.39, 0.29) is 33.8 Å². The van der Waals surface area contributed by atoms with Gasteiger partial charge in [-0.3, -0.25) is 4.98 Å². The van der Waals surface area contributed by atoms with Crippen molar-refractivity contribution in [1.29, 1.82) is 0 Å². The standard InChI is InChI=1S/C24H17F2N5O4S/c1-2-36(32,33)22-6-4-15(12-29-22)34-16-10-18-23(31-24(30-18)19-13-27-7-8-28-19)21(11-16)35-20-9-14(25)3-5-17(20)26/h3-13H,2H2,1H3,(H,30,31). The molecule has 0 aliphatic carbocycles. The number of pyridine rings is 1. The van der Waals surface area contributed by atoms with Crippen LogP contribution in [0.15, 0.2) is 72.3 Å². The van der Waals surface area contributed by atoms with Crippen LogP contribution in [0.5, 0.6) is 23.0 Å². The van der Waals surface area contributed by atoms with Crippen molar-refractivity contribution in [3.63, 3.8) is 0 Å². The number of hydrogen-bond acceptors (Lipinski definition) is 8. The minimum absolute atomic E-state index is 0.0689. The van der Waals surface area contributed by atoms with Gasteiger partial charge >= 0.3 is 0 Å². The monoisotopic (exact) mass is 509 g/mol. The fourth-order valence-electron chi connectivity index (χ4n) is 3.31. The highest BCUT2D eigenvalue weighted by molar-refractivity contribution is 7.91. The number of aromatic amines is 1. The molecule has 3 aromatic heterocycles. The molecular formula is C24H17F2N5O4S. The Bertz CT molecular complexity index is 1660. The molecule has 5 rings (SSSR count). The van der Waals surface area contributed by atoms with Crippen molar-refractivity contribution >= 4 is 20.9 Å². The number of nitrogens with zero attached hydrogens (tertiary/aromatic N) is 4. The van der Waals surface area contributed by atoms with E-state index in [9.17, 15) is 17.2 Å². The molecule has 0 atom stereocenters. The van der Waals surface area contributed by atoms with Crippen LogP contribution in [0.4, 0.5) is 8.78 Å².